The number of carbonyl (C=O) groups is 1. The molecular weight excluding hydrogens is 306 g/mol. The predicted molar refractivity (Wildman–Crippen MR) is 84.3 cm³/mol. The maximum atomic E-state index is 10.9. The molecule has 0 bridgehead atoms. The van der Waals surface area contributed by atoms with Crippen LogP contribution < -0.4 is 20.6 Å². The third-order valence-electron chi connectivity index (χ3n) is 4.37. The van der Waals surface area contributed by atoms with Crippen LogP contribution in [0.4, 0.5) is 16.6 Å². The van der Waals surface area contributed by atoms with Crippen LogP contribution in [0.15, 0.2) is 6.07 Å². The minimum Gasteiger partial charge on any atom is -0.530 e. The summed E-state index contributed by atoms with van der Waals surface area (Å²) >= 11 is 6.04. The minimum atomic E-state index is -1.25. The number of rotatable bonds is 2. The van der Waals surface area contributed by atoms with Gasteiger partial charge in [0.05, 0.1) is 24.2 Å². The lowest BCUT2D eigenvalue weighted by Gasteiger charge is -2.51. The SMILES string of the molecule is CC(C)(C)[N+]1(c2cc(Cl)nc(N)n2)CCCC(NC(=O)[O-])C1. The van der Waals surface area contributed by atoms with Gasteiger partial charge in [-0.3, -0.25) is 4.48 Å². The van der Waals surface area contributed by atoms with Gasteiger partial charge in [-0.05, 0) is 33.6 Å². The number of quaternary nitrogens is 1. The Labute approximate surface area is 135 Å². The molecule has 0 saturated carbocycles. The first kappa shape index (κ1) is 16.8. The zero-order valence-electron chi connectivity index (χ0n) is 13.1. The highest BCUT2D eigenvalue weighted by Crippen LogP contribution is 2.37. The second-order valence-electron chi connectivity index (χ2n) is 6.72. The molecule has 1 amide bonds. The van der Waals surface area contributed by atoms with Crippen LogP contribution in [0.5, 0.6) is 0 Å². The number of amides is 1. The van der Waals surface area contributed by atoms with Crippen LogP contribution in [0.25, 0.3) is 0 Å². The van der Waals surface area contributed by atoms with E-state index < -0.39 is 6.09 Å². The molecule has 8 heteroatoms. The molecule has 22 heavy (non-hydrogen) atoms. The zero-order valence-corrected chi connectivity index (χ0v) is 13.9. The molecule has 0 aromatic carbocycles. The largest absolute Gasteiger partial charge is 0.530 e. The fraction of sp³-hybridized carbons (Fsp3) is 0.643. The smallest absolute Gasteiger partial charge is 0.234 e. The summed E-state index contributed by atoms with van der Waals surface area (Å²) < 4.78 is 0.490. The van der Waals surface area contributed by atoms with Gasteiger partial charge in [0.15, 0.2) is 0 Å². The summed E-state index contributed by atoms with van der Waals surface area (Å²) in [6.07, 6.45) is 0.390. The molecule has 2 unspecified atom stereocenters. The average Bonchev–Trinajstić information content (AvgIpc) is 2.35. The van der Waals surface area contributed by atoms with Gasteiger partial charge in [-0.2, -0.15) is 4.98 Å². The molecule has 1 aliphatic heterocycles. The van der Waals surface area contributed by atoms with Gasteiger partial charge in [-0.1, -0.05) is 11.6 Å². The molecule has 1 aliphatic rings. The van der Waals surface area contributed by atoms with Gasteiger partial charge in [-0.25, -0.2) is 4.98 Å². The van der Waals surface area contributed by atoms with Crippen molar-refractivity contribution < 1.29 is 9.90 Å². The number of nitrogens with two attached hydrogens (primary N) is 1. The highest BCUT2D eigenvalue weighted by Gasteiger charge is 2.47. The van der Waals surface area contributed by atoms with Crippen molar-refractivity contribution in [2.45, 2.75) is 45.2 Å². The molecule has 0 radical (unpaired) electrons. The van der Waals surface area contributed by atoms with E-state index in [-0.39, 0.29) is 17.5 Å². The van der Waals surface area contributed by atoms with E-state index in [9.17, 15) is 9.90 Å². The van der Waals surface area contributed by atoms with Crippen molar-refractivity contribution in [2.24, 2.45) is 0 Å². The summed E-state index contributed by atoms with van der Waals surface area (Å²) in [7, 11) is 0. The Kier molecular flexibility index (Phi) is 4.49. The van der Waals surface area contributed by atoms with Crippen molar-refractivity contribution in [3.05, 3.63) is 11.2 Å². The number of nitrogens with zero attached hydrogens (tertiary/aromatic N) is 3. The van der Waals surface area contributed by atoms with Crippen molar-refractivity contribution in [1.29, 1.82) is 0 Å². The van der Waals surface area contributed by atoms with Gasteiger partial charge < -0.3 is 21.0 Å². The Balaban J connectivity index is 2.46. The highest BCUT2D eigenvalue weighted by molar-refractivity contribution is 6.29. The van der Waals surface area contributed by atoms with E-state index in [1.165, 1.54) is 0 Å². The topological polar surface area (TPSA) is 104 Å². The summed E-state index contributed by atoms with van der Waals surface area (Å²) in [5, 5.41) is 13.7. The summed E-state index contributed by atoms with van der Waals surface area (Å²) in [5.74, 6) is 0.842. The van der Waals surface area contributed by atoms with Crippen molar-refractivity contribution in [2.75, 3.05) is 18.8 Å². The van der Waals surface area contributed by atoms with Crippen LogP contribution in [0.3, 0.4) is 0 Å². The average molecular weight is 328 g/mol. The van der Waals surface area contributed by atoms with Crippen LogP contribution in [-0.4, -0.2) is 40.7 Å². The second-order valence-corrected chi connectivity index (χ2v) is 7.11. The number of nitrogens with one attached hydrogen (secondary N) is 1. The van der Waals surface area contributed by atoms with Gasteiger partial charge in [-0.15, -0.1) is 0 Å². The number of hydrogen-bond donors (Lipinski definition) is 2. The molecule has 0 aliphatic carbocycles. The molecule has 1 saturated heterocycles. The number of halogens is 1. The van der Waals surface area contributed by atoms with Crippen molar-refractivity contribution in [1.82, 2.24) is 19.8 Å². The van der Waals surface area contributed by atoms with Gasteiger partial charge in [0.25, 0.3) is 0 Å². The van der Waals surface area contributed by atoms with Crippen LogP contribution in [-0.2, 0) is 0 Å². The van der Waals surface area contributed by atoms with Crippen molar-refractivity contribution in [3.8, 4) is 0 Å². The lowest BCUT2D eigenvalue weighted by Crippen LogP contribution is -2.69. The number of nitrogen functional groups attached to an aromatic ring is 1. The molecule has 122 valence electrons. The normalized spacial score (nSPS) is 25.7. The molecule has 1 aromatic rings. The standard InChI is InChI=1S/C14H22ClN5O2/c1-14(2,3)20(11-7-10(15)18-12(16)19-11)6-4-5-9(8-20)17-13(21)22/h7,9,17H,4-6,8H2,1-3H3,(H2-,16,18,19,21,22). The number of aromatic nitrogens is 2. The molecule has 3 N–H and O–H groups in total. The first-order valence-corrected chi connectivity index (χ1v) is 7.67. The van der Waals surface area contributed by atoms with E-state index in [1.54, 1.807) is 6.07 Å². The number of anilines is 1. The Hall–Kier alpha value is -1.60. The third kappa shape index (κ3) is 3.25. The van der Waals surface area contributed by atoms with Crippen LogP contribution in [0.1, 0.15) is 33.6 Å². The first-order valence-electron chi connectivity index (χ1n) is 7.29. The van der Waals surface area contributed by atoms with Crippen molar-refractivity contribution in [3.63, 3.8) is 0 Å². The highest BCUT2D eigenvalue weighted by atomic mass is 35.5. The lowest BCUT2D eigenvalue weighted by atomic mass is 9.92. The monoisotopic (exact) mass is 327 g/mol. The van der Waals surface area contributed by atoms with E-state index in [4.69, 9.17) is 17.3 Å². The van der Waals surface area contributed by atoms with Crippen molar-refractivity contribution >= 4 is 29.5 Å². The predicted octanol–water partition coefficient (Wildman–Crippen LogP) is 0.913. The fourth-order valence-electron chi connectivity index (χ4n) is 3.25. The van der Waals surface area contributed by atoms with E-state index in [0.29, 0.717) is 16.2 Å². The molecule has 2 heterocycles. The van der Waals surface area contributed by atoms with Crippen LogP contribution in [0, 0.1) is 0 Å². The fourth-order valence-corrected chi connectivity index (χ4v) is 3.44. The summed E-state index contributed by atoms with van der Waals surface area (Å²) in [4.78, 5) is 19.2. The Bertz CT molecular complexity index is 555. The molecule has 1 aromatic heterocycles. The third-order valence-corrected chi connectivity index (χ3v) is 4.56. The quantitative estimate of drug-likeness (QED) is 0.620. The Morgan fingerprint density at radius 2 is 2.18 bits per heavy atom. The molecule has 2 rings (SSSR count). The molecule has 0 spiro atoms. The molecule has 7 nitrogen and oxygen atoms in total. The maximum Gasteiger partial charge on any atom is 0.234 e. The first-order chi connectivity index (χ1) is 10.1. The summed E-state index contributed by atoms with van der Waals surface area (Å²) in [5.41, 5.74) is 5.55. The number of carbonyl (C=O) groups excluding carboxylic acids is 1. The van der Waals surface area contributed by atoms with Gasteiger partial charge in [0, 0.05) is 0 Å². The second kappa shape index (κ2) is 5.89. The van der Waals surface area contributed by atoms with Gasteiger partial charge in [0.1, 0.15) is 17.8 Å². The summed E-state index contributed by atoms with van der Waals surface area (Å²) in [6.45, 7) is 7.70. The number of piperidine rings is 1. The Morgan fingerprint density at radius 1 is 1.50 bits per heavy atom. The zero-order chi connectivity index (χ0) is 16.5. The number of likely N-dealkylation sites (tertiary alicyclic amines) is 1. The Morgan fingerprint density at radius 3 is 2.73 bits per heavy atom. The maximum absolute atomic E-state index is 10.9. The number of carboxylic acid groups (broad SMARTS) is 1. The van der Waals surface area contributed by atoms with E-state index in [2.05, 4.69) is 36.1 Å². The lowest BCUT2D eigenvalue weighted by molar-refractivity contribution is -0.252. The van der Waals surface area contributed by atoms with E-state index in [1.807, 2.05) is 0 Å². The van der Waals surface area contributed by atoms with Crippen LogP contribution in [0.2, 0.25) is 5.15 Å². The summed E-state index contributed by atoms with van der Waals surface area (Å²) in [6, 6.07) is 1.53. The van der Waals surface area contributed by atoms with Gasteiger partial charge in [0.2, 0.25) is 11.8 Å². The minimum absolute atomic E-state index is 0.124. The molecule has 1 fully saturated rings. The molecule has 2 atom stereocenters. The number of hydrogen-bond acceptors (Lipinski definition) is 5. The van der Waals surface area contributed by atoms with E-state index in [0.717, 1.165) is 25.2 Å². The molecular formula is C14H22ClN5O2. The van der Waals surface area contributed by atoms with Crippen LogP contribution >= 0.6 is 11.6 Å². The van der Waals surface area contributed by atoms with Gasteiger partial charge >= 0.3 is 0 Å². The van der Waals surface area contributed by atoms with E-state index >= 15 is 0 Å².